The molecule has 1 aromatic rings. The van der Waals surface area contributed by atoms with Gasteiger partial charge in [0.05, 0.1) is 5.38 Å². The van der Waals surface area contributed by atoms with Gasteiger partial charge in [-0.1, -0.05) is 12.1 Å². The summed E-state index contributed by atoms with van der Waals surface area (Å²) in [5, 5.41) is -0.344. The summed E-state index contributed by atoms with van der Waals surface area (Å²) >= 11 is 5.80. The summed E-state index contributed by atoms with van der Waals surface area (Å²) in [7, 11) is 0. The van der Waals surface area contributed by atoms with Crippen LogP contribution >= 0.6 is 11.6 Å². The molecule has 0 radical (unpaired) electrons. The van der Waals surface area contributed by atoms with Crippen LogP contribution in [0.1, 0.15) is 17.4 Å². The monoisotopic (exact) mass is 186 g/mol. The SMILES string of the molecule is O=CCC(Cl)c1ccc(F)cc1. The largest absolute Gasteiger partial charge is 0.303 e. The Morgan fingerprint density at radius 3 is 2.50 bits per heavy atom. The quantitative estimate of drug-likeness (QED) is 0.524. The zero-order valence-corrected chi connectivity index (χ0v) is 7.09. The van der Waals surface area contributed by atoms with E-state index in [2.05, 4.69) is 0 Å². The van der Waals surface area contributed by atoms with Crippen molar-refractivity contribution in [3.8, 4) is 0 Å². The fourth-order valence-corrected chi connectivity index (χ4v) is 1.11. The van der Waals surface area contributed by atoms with E-state index in [9.17, 15) is 9.18 Å². The minimum atomic E-state index is -0.344. The second-order valence-corrected chi connectivity index (χ2v) is 2.95. The molecule has 1 nitrogen and oxygen atoms in total. The number of carbonyl (C=O) groups excluding carboxylic acids is 1. The van der Waals surface area contributed by atoms with Gasteiger partial charge in [0.2, 0.25) is 0 Å². The summed E-state index contributed by atoms with van der Waals surface area (Å²) in [5.74, 6) is -0.297. The van der Waals surface area contributed by atoms with Crippen molar-refractivity contribution in [2.75, 3.05) is 0 Å². The van der Waals surface area contributed by atoms with Crippen molar-refractivity contribution >= 4 is 17.9 Å². The molecule has 0 aliphatic carbocycles. The number of hydrogen-bond donors (Lipinski definition) is 0. The van der Waals surface area contributed by atoms with Gasteiger partial charge in [-0.05, 0) is 17.7 Å². The van der Waals surface area contributed by atoms with E-state index in [1.165, 1.54) is 12.1 Å². The number of carbonyl (C=O) groups is 1. The Hall–Kier alpha value is -0.890. The Kier molecular flexibility index (Phi) is 3.23. The highest BCUT2D eigenvalue weighted by Gasteiger charge is 2.05. The van der Waals surface area contributed by atoms with E-state index in [1.807, 2.05) is 0 Å². The molecule has 0 aliphatic heterocycles. The number of alkyl halides is 1. The first-order valence-corrected chi connectivity index (χ1v) is 4.01. The smallest absolute Gasteiger partial charge is 0.123 e. The highest BCUT2D eigenvalue weighted by atomic mass is 35.5. The predicted octanol–water partition coefficient (Wildman–Crippen LogP) is 2.69. The maximum Gasteiger partial charge on any atom is 0.123 e. The first-order valence-electron chi connectivity index (χ1n) is 3.57. The minimum Gasteiger partial charge on any atom is -0.303 e. The molecule has 0 N–H and O–H groups in total. The van der Waals surface area contributed by atoms with Gasteiger partial charge in [0.25, 0.3) is 0 Å². The van der Waals surface area contributed by atoms with Gasteiger partial charge in [-0.25, -0.2) is 4.39 Å². The molecule has 0 amide bonds. The second kappa shape index (κ2) is 4.21. The van der Waals surface area contributed by atoms with Crippen molar-refractivity contribution in [2.45, 2.75) is 11.8 Å². The van der Waals surface area contributed by atoms with Crippen LogP contribution in [-0.4, -0.2) is 6.29 Å². The van der Waals surface area contributed by atoms with Gasteiger partial charge in [0.15, 0.2) is 0 Å². The van der Waals surface area contributed by atoms with Crippen LogP contribution in [-0.2, 0) is 4.79 Å². The Labute approximate surface area is 75.2 Å². The van der Waals surface area contributed by atoms with E-state index in [4.69, 9.17) is 11.6 Å². The average molecular weight is 187 g/mol. The molecule has 3 heteroatoms. The van der Waals surface area contributed by atoms with Gasteiger partial charge in [-0.3, -0.25) is 0 Å². The molecule has 1 rings (SSSR count). The Morgan fingerprint density at radius 1 is 1.42 bits per heavy atom. The molecule has 0 heterocycles. The molecule has 0 saturated heterocycles. The van der Waals surface area contributed by atoms with Crippen LogP contribution < -0.4 is 0 Å². The van der Waals surface area contributed by atoms with Crippen molar-refractivity contribution < 1.29 is 9.18 Å². The normalized spacial score (nSPS) is 12.5. The van der Waals surface area contributed by atoms with Gasteiger partial charge in [0, 0.05) is 6.42 Å². The van der Waals surface area contributed by atoms with Crippen molar-refractivity contribution in [3.63, 3.8) is 0 Å². The van der Waals surface area contributed by atoms with Crippen LogP contribution in [0.4, 0.5) is 4.39 Å². The molecule has 1 aromatic carbocycles. The lowest BCUT2D eigenvalue weighted by molar-refractivity contribution is -0.107. The lowest BCUT2D eigenvalue weighted by Crippen LogP contribution is -1.90. The van der Waals surface area contributed by atoms with E-state index in [1.54, 1.807) is 12.1 Å². The topological polar surface area (TPSA) is 17.1 Å². The molecule has 12 heavy (non-hydrogen) atoms. The van der Waals surface area contributed by atoms with Gasteiger partial charge in [-0.2, -0.15) is 0 Å². The van der Waals surface area contributed by atoms with Crippen molar-refractivity contribution in [1.82, 2.24) is 0 Å². The van der Waals surface area contributed by atoms with Gasteiger partial charge in [-0.15, -0.1) is 11.6 Å². The van der Waals surface area contributed by atoms with Crippen molar-refractivity contribution in [3.05, 3.63) is 35.6 Å². The molecule has 0 aromatic heterocycles. The van der Waals surface area contributed by atoms with E-state index < -0.39 is 0 Å². The number of benzene rings is 1. The van der Waals surface area contributed by atoms with Crippen LogP contribution in [0.15, 0.2) is 24.3 Å². The summed E-state index contributed by atoms with van der Waals surface area (Å²) in [6.07, 6.45) is 1.01. The van der Waals surface area contributed by atoms with Crippen LogP contribution in [0.5, 0.6) is 0 Å². The number of aldehydes is 1. The van der Waals surface area contributed by atoms with Crippen LogP contribution in [0.25, 0.3) is 0 Å². The predicted molar refractivity (Wildman–Crippen MR) is 45.7 cm³/mol. The summed E-state index contributed by atoms with van der Waals surface area (Å²) in [5.41, 5.74) is 0.769. The standard InChI is InChI=1S/C9H8ClFO/c10-9(5-6-12)7-1-3-8(11)4-2-7/h1-4,6,9H,5H2. The molecule has 0 aliphatic rings. The van der Waals surface area contributed by atoms with E-state index in [0.717, 1.165) is 11.8 Å². The summed E-state index contributed by atoms with van der Waals surface area (Å²) in [4.78, 5) is 10.1. The van der Waals surface area contributed by atoms with Crippen LogP contribution in [0, 0.1) is 5.82 Å². The fourth-order valence-electron chi connectivity index (χ4n) is 0.892. The molecule has 64 valence electrons. The van der Waals surface area contributed by atoms with Crippen molar-refractivity contribution in [2.24, 2.45) is 0 Å². The van der Waals surface area contributed by atoms with Crippen molar-refractivity contribution in [1.29, 1.82) is 0 Å². The first-order chi connectivity index (χ1) is 5.74. The maximum absolute atomic E-state index is 12.4. The number of hydrogen-bond acceptors (Lipinski definition) is 1. The van der Waals surface area contributed by atoms with Crippen LogP contribution in [0.2, 0.25) is 0 Å². The van der Waals surface area contributed by atoms with E-state index >= 15 is 0 Å². The Balaban J connectivity index is 2.74. The Morgan fingerprint density at radius 2 is 2.00 bits per heavy atom. The molecule has 0 saturated carbocycles. The van der Waals surface area contributed by atoms with Gasteiger partial charge >= 0.3 is 0 Å². The third-order valence-corrected chi connectivity index (χ3v) is 1.97. The number of rotatable bonds is 3. The average Bonchev–Trinajstić information content (AvgIpc) is 2.06. The molecule has 0 fully saturated rings. The molecule has 1 atom stereocenters. The summed E-state index contributed by atoms with van der Waals surface area (Å²) in [6, 6.07) is 5.82. The third-order valence-electron chi connectivity index (χ3n) is 1.53. The second-order valence-electron chi connectivity index (χ2n) is 2.42. The fraction of sp³-hybridized carbons (Fsp3) is 0.222. The summed E-state index contributed by atoms with van der Waals surface area (Å²) < 4.78 is 12.4. The molecule has 0 spiro atoms. The number of halogens is 2. The molecular weight excluding hydrogens is 179 g/mol. The highest BCUT2D eigenvalue weighted by molar-refractivity contribution is 6.21. The summed E-state index contributed by atoms with van der Waals surface area (Å²) in [6.45, 7) is 0. The van der Waals surface area contributed by atoms with Crippen LogP contribution in [0.3, 0.4) is 0 Å². The zero-order chi connectivity index (χ0) is 8.97. The highest BCUT2D eigenvalue weighted by Crippen LogP contribution is 2.22. The zero-order valence-electron chi connectivity index (χ0n) is 6.34. The first kappa shape index (κ1) is 9.20. The molecule has 1 unspecified atom stereocenters. The third kappa shape index (κ3) is 2.31. The maximum atomic E-state index is 12.4. The Bertz CT molecular complexity index is 258. The van der Waals surface area contributed by atoms with Gasteiger partial charge in [0.1, 0.15) is 12.1 Å². The van der Waals surface area contributed by atoms with Gasteiger partial charge < -0.3 is 4.79 Å². The molecule has 0 bridgehead atoms. The molecular formula is C9H8ClFO. The lowest BCUT2D eigenvalue weighted by Gasteiger charge is -2.04. The van der Waals surface area contributed by atoms with E-state index in [0.29, 0.717) is 0 Å². The minimum absolute atomic E-state index is 0.257. The van der Waals surface area contributed by atoms with E-state index in [-0.39, 0.29) is 17.6 Å². The lowest BCUT2D eigenvalue weighted by atomic mass is 10.1.